The number of anilines is 2. The smallest absolute Gasteiger partial charge is 0.229 e. The topological polar surface area (TPSA) is 45.2 Å². The second-order valence-electron chi connectivity index (χ2n) is 7.23. The molecule has 1 N–H and O–H groups in total. The van der Waals surface area contributed by atoms with Gasteiger partial charge in [-0.15, -0.1) is 0 Å². The van der Waals surface area contributed by atoms with Gasteiger partial charge in [-0.05, 0) is 62.1 Å². The van der Waals surface area contributed by atoms with Crippen LogP contribution in [0.15, 0.2) is 36.4 Å². The van der Waals surface area contributed by atoms with Crippen LogP contribution >= 0.6 is 11.3 Å². The number of thiazole rings is 1. The first kappa shape index (κ1) is 17.9. The third kappa shape index (κ3) is 3.81. The summed E-state index contributed by atoms with van der Waals surface area (Å²) in [6, 6.07) is 11.1. The van der Waals surface area contributed by atoms with Crippen molar-refractivity contribution in [1.82, 2.24) is 4.98 Å². The molecule has 1 saturated heterocycles. The van der Waals surface area contributed by atoms with Gasteiger partial charge in [-0.3, -0.25) is 4.79 Å². The number of nitrogens with zero attached hydrogens (tertiary/aromatic N) is 2. The molecule has 27 heavy (non-hydrogen) atoms. The second-order valence-corrected chi connectivity index (χ2v) is 8.24. The van der Waals surface area contributed by atoms with E-state index in [-0.39, 0.29) is 17.6 Å². The van der Waals surface area contributed by atoms with Crippen LogP contribution in [0.3, 0.4) is 0 Å². The molecule has 1 aliphatic heterocycles. The summed E-state index contributed by atoms with van der Waals surface area (Å²) < 4.78 is 14.8. The van der Waals surface area contributed by atoms with Crippen LogP contribution in [-0.2, 0) is 4.79 Å². The Kier molecular flexibility index (Phi) is 4.83. The van der Waals surface area contributed by atoms with Crippen molar-refractivity contribution in [3.05, 3.63) is 53.3 Å². The molecule has 6 heteroatoms. The van der Waals surface area contributed by atoms with Crippen LogP contribution in [0.4, 0.5) is 15.2 Å². The Bertz CT molecular complexity index is 980. The number of halogens is 1. The zero-order valence-electron chi connectivity index (χ0n) is 15.5. The van der Waals surface area contributed by atoms with Gasteiger partial charge in [-0.25, -0.2) is 9.37 Å². The highest BCUT2D eigenvalue weighted by Gasteiger charge is 2.28. The van der Waals surface area contributed by atoms with Crippen molar-refractivity contribution in [2.24, 2.45) is 5.92 Å². The molecule has 4 rings (SSSR count). The zero-order chi connectivity index (χ0) is 19.0. The molecule has 1 atom stereocenters. The minimum atomic E-state index is -0.295. The third-order valence-corrected chi connectivity index (χ3v) is 5.99. The van der Waals surface area contributed by atoms with Gasteiger partial charge in [0.1, 0.15) is 11.3 Å². The number of hydrogen-bond acceptors (Lipinski definition) is 4. The lowest BCUT2D eigenvalue weighted by atomic mass is 9.97. The molecule has 1 fully saturated rings. The number of carbonyl (C=O) groups excluding carboxylic acids is 1. The van der Waals surface area contributed by atoms with Crippen LogP contribution in [0.1, 0.15) is 24.0 Å². The Morgan fingerprint density at radius 3 is 2.78 bits per heavy atom. The Hall–Kier alpha value is -2.47. The summed E-state index contributed by atoms with van der Waals surface area (Å²) in [5, 5.41) is 3.85. The molecular weight excluding hydrogens is 361 g/mol. The van der Waals surface area contributed by atoms with E-state index in [1.165, 1.54) is 17.4 Å². The molecule has 1 aromatic heterocycles. The SMILES string of the molecule is Cc1cc(C)cc(NC(=O)C2CCCN(c3nc4c(F)cccc4s3)C2)c1. The van der Waals surface area contributed by atoms with Crippen molar-refractivity contribution in [1.29, 1.82) is 0 Å². The van der Waals surface area contributed by atoms with E-state index in [9.17, 15) is 9.18 Å². The maximum atomic E-state index is 13.9. The van der Waals surface area contributed by atoms with Crippen LogP contribution in [0.2, 0.25) is 0 Å². The molecule has 1 aliphatic rings. The van der Waals surface area contributed by atoms with Gasteiger partial charge in [0.2, 0.25) is 5.91 Å². The lowest BCUT2D eigenvalue weighted by Gasteiger charge is -2.31. The average Bonchev–Trinajstić information content (AvgIpc) is 3.07. The van der Waals surface area contributed by atoms with E-state index in [1.54, 1.807) is 6.07 Å². The fourth-order valence-corrected chi connectivity index (χ4v) is 4.71. The van der Waals surface area contributed by atoms with Crippen molar-refractivity contribution in [2.45, 2.75) is 26.7 Å². The van der Waals surface area contributed by atoms with Crippen molar-refractivity contribution < 1.29 is 9.18 Å². The summed E-state index contributed by atoms with van der Waals surface area (Å²) in [5.74, 6) is -0.357. The Morgan fingerprint density at radius 2 is 2.04 bits per heavy atom. The highest BCUT2D eigenvalue weighted by Crippen LogP contribution is 2.33. The largest absolute Gasteiger partial charge is 0.347 e. The molecule has 0 bridgehead atoms. The van der Waals surface area contributed by atoms with Crippen molar-refractivity contribution in [3.8, 4) is 0 Å². The molecule has 3 aromatic rings. The first-order valence-electron chi connectivity index (χ1n) is 9.19. The van der Waals surface area contributed by atoms with Crippen LogP contribution in [-0.4, -0.2) is 24.0 Å². The summed E-state index contributed by atoms with van der Waals surface area (Å²) >= 11 is 1.48. The quantitative estimate of drug-likeness (QED) is 0.699. The minimum absolute atomic E-state index is 0.0389. The number of aryl methyl sites for hydroxylation is 2. The van der Waals surface area contributed by atoms with Gasteiger partial charge in [0.05, 0.1) is 10.6 Å². The van der Waals surface area contributed by atoms with Crippen molar-refractivity contribution in [3.63, 3.8) is 0 Å². The molecule has 0 saturated carbocycles. The fourth-order valence-electron chi connectivity index (χ4n) is 3.69. The normalized spacial score (nSPS) is 17.3. The summed E-state index contributed by atoms with van der Waals surface area (Å²) in [7, 11) is 0. The van der Waals surface area contributed by atoms with Crippen LogP contribution in [0, 0.1) is 25.6 Å². The molecule has 1 unspecified atom stereocenters. The molecule has 2 heterocycles. The van der Waals surface area contributed by atoms with Gasteiger partial charge >= 0.3 is 0 Å². The first-order valence-corrected chi connectivity index (χ1v) is 10.0. The van der Waals surface area contributed by atoms with Crippen LogP contribution in [0.25, 0.3) is 10.2 Å². The van der Waals surface area contributed by atoms with E-state index < -0.39 is 0 Å². The van der Waals surface area contributed by atoms with Crippen LogP contribution < -0.4 is 10.2 Å². The van der Waals surface area contributed by atoms with E-state index in [0.29, 0.717) is 12.1 Å². The van der Waals surface area contributed by atoms with Crippen molar-refractivity contribution in [2.75, 3.05) is 23.3 Å². The van der Waals surface area contributed by atoms with Gasteiger partial charge in [-0.1, -0.05) is 23.5 Å². The van der Waals surface area contributed by atoms with E-state index in [4.69, 9.17) is 0 Å². The highest BCUT2D eigenvalue weighted by molar-refractivity contribution is 7.22. The lowest BCUT2D eigenvalue weighted by Crippen LogP contribution is -2.40. The number of piperidine rings is 1. The summed E-state index contributed by atoms with van der Waals surface area (Å²) in [4.78, 5) is 19.4. The Morgan fingerprint density at radius 1 is 1.26 bits per heavy atom. The number of fused-ring (bicyclic) bond motifs is 1. The number of hydrogen-bond donors (Lipinski definition) is 1. The first-order chi connectivity index (χ1) is 13.0. The maximum Gasteiger partial charge on any atom is 0.229 e. The standard InChI is InChI=1S/C21H22FN3OS/c1-13-9-14(2)11-16(10-13)23-20(26)15-5-4-8-25(12-15)21-24-19-17(22)6-3-7-18(19)27-21/h3,6-7,9-11,15H,4-5,8,12H2,1-2H3,(H,23,26). The lowest BCUT2D eigenvalue weighted by molar-refractivity contribution is -0.120. The van der Waals surface area contributed by atoms with Crippen molar-refractivity contribution >= 4 is 38.3 Å². The van der Waals surface area contributed by atoms with E-state index in [0.717, 1.165) is 46.0 Å². The fraction of sp³-hybridized carbons (Fsp3) is 0.333. The molecular formula is C21H22FN3OS. The molecule has 1 amide bonds. The van der Waals surface area contributed by atoms with Gasteiger partial charge in [0.25, 0.3) is 0 Å². The number of rotatable bonds is 3. The van der Waals surface area contributed by atoms with Gasteiger partial charge < -0.3 is 10.2 Å². The molecule has 0 radical (unpaired) electrons. The third-order valence-electron chi connectivity index (χ3n) is 4.91. The zero-order valence-corrected chi connectivity index (χ0v) is 16.3. The van der Waals surface area contributed by atoms with E-state index in [1.807, 2.05) is 32.0 Å². The number of aromatic nitrogens is 1. The Labute approximate surface area is 162 Å². The van der Waals surface area contributed by atoms with Crippen LogP contribution in [0.5, 0.6) is 0 Å². The number of carbonyl (C=O) groups is 1. The second kappa shape index (κ2) is 7.27. The predicted octanol–water partition coefficient (Wildman–Crippen LogP) is 4.91. The number of amides is 1. The molecule has 4 nitrogen and oxygen atoms in total. The van der Waals surface area contributed by atoms with E-state index >= 15 is 0 Å². The molecule has 2 aromatic carbocycles. The average molecular weight is 383 g/mol. The van der Waals surface area contributed by atoms with Gasteiger partial charge in [0, 0.05) is 18.8 Å². The number of nitrogens with one attached hydrogen (secondary N) is 1. The van der Waals surface area contributed by atoms with E-state index in [2.05, 4.69) is 21.3 Å². The maximum absolute atomic E-state index is 13.9. The summed E-state index contributed by atoms with van der Waals surface area (Å²) in [6.45, 7) is 5.50. The highest BCUT2D eigenvalue weighted by atomic mass is 32.1. The molecule has 140 valence electrons. The summed E-state index contributed by atoms with van der Waals surface area (Å²) in [6.07, 6.45) is 1.77. The number of para-hydroxylation sites is 1. The predicted molar refractivity (Wildman–Crippen MR) is 109 cm³/mol. The number of benzene rings is 2. The minimum Gasteiger partial charge on any atom is -0.347 e. The monoisotopic (exact) mass is 383 g/mol. The van der Waals surface area contributed by atoms with Gasteiger partial charge in [-0.2, -0.15) is 0 Å². The molecule has 0 spiro atoms. The van der Waals surface area contributed by atoms with Gasteiger partial charge in [0.15, 0.2) is 5.13 Å². The molecule has 0 aliphatic carbocycles. The Balaban J connectivity index is 1.50. The summed E-state index contributed by atoms with van der Waals surface area (Å²) in [5.41, 5.74) is 3.52.